The average molecular weight is 263 g/mol. The quantitative estimate of drug-likeness (QED) is 0.826. The number of hydrogen-bond acceptors (Lipinski definition) is 3. The smallest absolute Gasteiger partial charge is 0.224 e. The molecule has 1 heterocycles. The number of pyridine rings is 1. The third-order valence-electron chi connectivity index (χ3n) is 3.27. The lowest BCUT2D eigenvalue weighted by molar-refractivity contribution is -0.125. The van der Waals surface area contributed by atoms with Crippen molar-refractivity contribution in [2.24, 2.45) is 11.8 Å². The molecule has 1 amide bonds. The molecule has 0 bridgehead atoms. The van der Waals surface area contributed by atoms with Crippen molar-refractivity contribution in [3.63, 3.8) is 0 Å². The Labute approximate surface area is 116 Å². The van der Waals surface area contributed by atoms with Crippen molar-refractivity contribution >= 4 is 5.91 Å². The van der Waals surface area contributed by atoms with Gasteiger partial charge in [0, 0.05) is 18.7 Å². The molecule has 106 valence electrons. The van der Waals surface area contributed by atoms with Crippen LogP contribution in [0.25, 0.3) is 0 Å². The van der Waals surface area contributed by atoms with E-state index in [-0.39, 0.29) is 17.9 Å². The topological polar surface area (TPSA) is 54.0 Å². The molecule has 0 aliphatic carbocycles. The van der Waals surface area contributed by atoms with Crippen molar-refractivity contribution in [1.29, 1.82) is 0 Å². The second-order valence-electron chi connectivity index (χ2n) is 5.39. The third-order valence-corrected chi connectivity index (χ3v) is 3.27. The lowest BCUT2D eigenvalue weighted by atomic mass is 9.96. The summed E-state index contributed by atoms with van der Waals surface area (Å²) in [5, 5.41) is 6.14. The van der Waals surface area contributed by atoms with E-state index < -0.39 is 0 Å². The van der Waals surface area contributed by atoms with Crippen molar-refractivity contribution in [3.8, 4) is 0 Å². The second-order valence-corrected chi connectivity index (χ2v) is 5.39. The minimum atomic E-state index is -0.0460. The molecule has 2 N–H and O–H groups in total. The molecule has 1 rings (SSSR count). The van der Waals surface area contributed by atoms with Gasteiger partial charge in [-0.25, -0.2) is 0 Å². The summed E-state index contributed by atoms with van der Waals surface area (Å²) in [6.07, 6.45) is 1.78. The zero-order valence-electron chi connectivity index (χ0n) is 12.5. The first-order valence-corrected chi connectivity index (χ1v) is 6.83. The zero-order chi connectivity index (χ0) is 14.4. The van der Waals surface area contributed by atoms with E-state index in [0.717, 1.165) is 11.3 Å². The standard InChI is InChI=1S/C15H25N3O/c1-10(2)13(14-11(3)7-6-8-17-14)18-15(19)12(4)9-16-5/h6-8,10,12-13,16H,9H2,1-5H3,(H,18,19). The number of aromatic nitrogens is 1. The van der Waals surface area contributed by atoms with Crippen LogP contribution in [0.5, 0.6) is 0 Å². The molecule has 0 aromatic carbocycles. The lowest BCUT2D eigenvalue weighted by Crippen LogP contribution is -2.39. The molecular weight excluding hydrogens is 238 g/mol. The van der Waals surface area contributed by atoms with Crippen LogP contribution in [0.1, 0.15) is 38.1 Å². The largest absolute Gasteiger partial charge is 0.347 e. The normalized spacial score (nSPS) is 14.2. The maximum Gasteiger partial charge on any atom is 0.224 e. The summed E-state index contributed by atoms with van der Waals surface area (Å²) in [6, 6.07) is 3.91. The third kappa shape index (κ3) is 4.31. The molecule has 0 radical (unpaired) electrons. The fourth-order valence-electron chi connectivity index (χ4n) is 2.07. The second kappa shape index (κ2) is 7.24. The highest BCUT2D eigenvalue weighted by Crippen LogP contribution is 2.22. The summed E-state index contributed by atoms with van der Waals surface area (Å²) in [5.41, 5.74) is 2.07. The number of aryl methyl sites for hydroxylation is 1. The predicted octanol–water partition coefficient (Wildman–Crippen LogP) is 2.06. The molecule has 2 atom stereocenters. The van der Waals surface area contributed by atoms with E-state index >= 15 is 0 Å². The first kappa shape index (κ1) is 15.6. The van der Waals surface area contributed by atoms with Gasteiger partial charge in [0.2, 0.25) is 5.91 Å². The van der Waals surface area contributed by atoms with Crippen LogP contribution in [0.4, 0.5) is 0 Å². The average Bonchev–Trinajstić information content (AvgIpc) is 2.36. The van der Waals surface area contributed by atoms with Crippen molar-refractivity contribution in [3.05, 3.63) is 29.6 Å². The van der Waals surface area contributed by atoms with Crippen LogP contribution in [-0.4, -0.2) is 24.5 Å². The van der Waals surface area contributed by atoms with E-state index in [2.05, 4.69) is 29.5 Å². The molecule has 0 spiro atoms. The van der Waals surface area contributed by atoms with E-state index in [1.165, 1.54) is 0 Å². The fraction of sp³-hybridized carbons (Fsp3) is 0.600. The monoisotopic (exact) mass is 263 g/mol. The van der Waals surface area contributed by atoms with Gasteiger partial charge < -0.3 is 10.6 Å². The predicted molar refractivity (Wildman–Crippen MR) is 77.8 cm³/mol. The molecule has 1 aromatic rings. The molecular formula is C15H25N3O. The van der Waals surface area contributed by atoms with E-state index in [9.17, 15) is 4.79 Å². The first-order valence-electron chi connectivity index (χ1n) is 6.83. The van der Waals surface area contributed by atoms with Crippen LogP contribution in [0.15, 0.2) is 18.3 Å². The van der Waals surface area contributed by atoms with E-state index in [4.69, 9.17) is 0 Å². The van der Waals surface area contributed by atoms with Gasteiger partial charge in [-0.3, -0.25) is 9.78 Å². The Balaban J connectivity index is 2.86. The number of rotatable bonds is 6. The van der Waals surface area contributed by atoms with E-state index in [1.807, 2.05) is 33.0 Å². The van der Waals surface area contributed by atoms with Crippen molar-refractivity contribution in [2.75, 3.05) is 13.6 Å². The van der Waals surface area contributed by atoms with Crippen LogP contribution in [0.2, 0.25) is 0 Å². The Morgan fingerprint density at radius 2 is 2.05 bits per heavy atom. The summed E-state index contributed by atoms with van der Waals surface area (Å²) < 4.78 is 0. The zero-order valence-corrected chi connectivity index (χ0v) is 12.5. The Bertz CT molecular complexity index is 418. The molecule has 4 nitrogen and oxygen atoms in total. The molecule has 0 aliphatic rings. The van der Waals surface area contributed by atoms with Crippen LogP contribution in [0, 0.1) is 18.8 Å². The number of carbonyl (C=O) groups is 1. The van der Waals surface area contributed by atoms with Crippen molar-refractivity contribution in [2.45, 2.75) is 33.7 Å². The van der Waals surface area contributed by atoms with Crippen LogP contribution < -0.4 is 10.6 Å². The van der Waals surface area contributed by atoms with Crippen molar-refractivity contribution in [1.82, 2.24) is 15.6 Å². The Kier molecular flexibility index (Phi) is 5.96. The van der Waals surface area contributed by atoms with Crippen LogP contribution in [0.3, 0.4) is 0 Å². The van der Waals surface area contributed by atoms with Gasteiger partial charge >= 0.3 is 0 Å². The Morgan fingerprint density at radius 3 is 2.58 bits per heavy atom. The Morgan fingerprint density at radius 1 is 1.37 bits per heavy atom. The van der Waals surface area contributed by atoms with Gasteiger partial charge in [0.1, 0.15) is 0 Å². The summed E-state index contributed by atoms with van der Waals surface area (Å²) in [7, 11) is 1.85. The molecule has 1 aromatic heterocycles. The number of nitrogens with one attached hydrogen (secondary N) is 2. The maximum atomic E-state index is 12.2. The summed E-state index contributed by atoms with van der Waals surface area (Å²) in [6.45, 7) is 8.83. The van der Waals surface area contributed by atoms with Gasteiger partial charge in [-0.2, -0.15) is 0 Å². The molecule has 19 heavy (non-hydrogen) atoms. The van der Waals surface area contributed by atoms with Gasteiger partial charge in [0.05, 0.1) is 11.7 Å². The number of nitrogens with zero attached hydrogens (tertiary/aromatic N) is 1. The van der Waals surface area contributed by atoms with Gasteiger partial charge in [-0.05, 0) is 31.5 Å². The molecule has 4 heteroatoms. The molecule has 0 saturated heterocycles. The lowest BCUT2D eigenvalue weighted by Gasteiger charge is -2.25. The van der Waals surface area contributed by atoms with Gasteiger partial charge in [-0.1, -0.05) is 26.8 Å². The highest BCUT2D eigenvalue weighted by molar-refractivity contribution is 5.79. The SMILES string of the molecule is CNCC(C)C(=O)NC(c1ncccc1C)C(C)C. The van der Waals surface area contributed by atoms with Gasteiger partial charge in [0.15, 0.2) is 0 Å². The first-order chi connectivity index (χ1) is 8.97. The van der Waals surface area contributed by atoms with Gasteiger partial charge in [0.25, 0.3) is 0 Å². The molecule has 2 unspecified atom stereocenters. The number of hydrogen-bond donors (Lipinski definition) is 2. The van der Waals surface area contributed by atoms with Crippen LogP contribution >= 0.6 is 0 Å². The summed E-state index contributed by atoms with van der Waals surface area (Å²) in [4.78, 5) is 16.6. The van der Waals surface area contributed by atoms with Crippen LogP contribution in [-0.2, 0) is 4.79 Å². The molecule has 0 fully saturated rings. The van der Waals surface area contributed by atoms with Crippen molar-refractivity contribution < 1.29 is 4.79 Å². The Hall–Kier alpha value is -1.42. The highest BCUT2D eigenvalue weighted by atomic mass is 16.1. The molecule has 0 aliphatic heterocycles. The minimum absolute atomic E-state index is 0.0343. The fourth-order valence-corrected chi connectivity index (χ4v) is 2.07. The molecule has 0 saturated carbocycles. The van der Waals surface area contributed by atoms with Gasteiger partial charge in [-0.15, -0.1) is 0 Å². The van der Waals surface area contributed by atoms with E-state index in [1.54, 1.807) is 6.20 Å². The number of amides is 1. The highest BCUT2D eigenvalue weighted by Gasteiger charge is 2.23. The number of carbonyl (C=O) groups excluding carboxylic acids is 1. The summed E-state index contributed by atoms with van der Waals surface area (Å²) >= 11 is 0. The maximum absolute atomic E-state index is 12.2. The minimum Gasteiger partial charge on any atom is -0.347 e. The van der Waals surface area contributed by atoms with E-state index in [0.29, 0.717) is 12.5 Å². The summed E-state index contributed by atoms with van der Waals surface area (Å²) in [5.74, 6) is 0.327.